The number of rotatable bonds is 5. The van der Waals surface area contributed by atoms with Gasteiger partial charge in [0, 0.05) is 27.3 Å². The Labute approximate surface area is 132 Å². The molecule has 0 aliphatic carbocycles. The van der Waals surface area contributed by atoms with E-state index in [4.69, 9.17) is 10.7 Å². The monoisotopic (exact) mass is 381 g/mol. The maximum absolute atomic E-state index is 12.0. The fraction of sp³-hybridized carbons (Fsp3) is 0.462. The molecule has 1 atom stereocenters. The molecule has 0 fully saturated rings. The van der Waals surface area contributed by atoms with Crippen LogP contribution in [-0.4, -0.2) is 20.9 Å². The minimum atomic E-state index is -3.89. The van der Waals surface area contributed by atoms with Crippen molar-refractivity contribution >= 4 is 41.6 Å². The van der Waals surface area contributed by atoms with Gasteiger partial charge in [0.05, 0.1) is 4.90 Å². The van der Waals surface area contributed by atoms with Crippen LogP contribution in [-0.2, 0) is 9.05 Å². The maximum Gasteiger partial charge on any atom is 0.262 e. The van der Waals surface area contributed by atoms with E-state index in [0.29, 0.717) is 22.9 Å². The van der Waals surface area contributed by atoms with E-state index in [-0.39, 0.29) is 16.4 Å². The van der Waals surface area contributed by atoms with Gasteiger partial charge in [-0.2, -0.15) is 0 Å². The van der Waals surface area contributed by atoms with Gasteiger partial charge >= 0.3 is 0 Å². The first-order valence-corrected chi connectivity index (χ1v) is 9.25. The third-order valence-corrected chi connectivity index (χ3v) is 5.49. The molecule has 1 aromatic rings. The first kappa shape index (κ1) is 17.5. The number of hydrogen-bond acceptors (Lipinski definition) is 3. The minimum Gasteiger partial charge on any atom is -0.352 e. The molecule has 0 spiro atoms. The lowest BCUT2D eigenvalue weighted by molar-refractivity contribution is 0.0944. The number of carbonyl (C=O) groups excluding carboxylic acids is 1. The molecule has 4 nitrogen and oxygen atoms in total. The van der Waals surface area contributed by atoms with Crippen LogP contribution in [0.1, 0.15) is 31.1 Å². The minimum absolute atomic E-state index is 0.108. The number of benzene rings is 1. The van der Waals surface area contributed by atoms with Crippen molar-refractivity contribution in [3.63, 3.8) is 0 Å². The lowest BCUT2D eigenvalue weighted by Crippen LogP contribution is -2.30. The fourth-order valence-electron chi connectivity index (χ4n) is 1.42. The van der Waals surface area contributed by atoms with Crippen molar-refractivity contribution in [2.24, 2.45) is 11.8 Å². The number of carbonyl (C=O) groups is 1. The fourth-order valence-corrected chi connectivity index (χ4v) is 3.54. The Balaban J connectivity index is 2.90. The van der Waals surface area contributed by atoms with Crippen LogP contribution in [0, 0.1) is 11.8 Å². The highest BCUT2D eigenvalue weighted by atomic mass is 79.9. The van der Waals surface area contributed by atoms with Gasteiger partial charge in [-0.05, 0) is 46.0 Å². The maximum atomic E-state index is 12.0. The highest BCUT2D eigenvalue weighted by Gasteiger charge is 2.18. The Morgan fingerprint density at radius 3 is 2.45 bits per heavy atom. The summed E-state index contributed by atoms with van der Waals surface area (Å²) in [6.07, 6.45) is 0. The highest BCUT2D eigenvalue weighted by molar-refractivity contribution is 9.10. The summed E-state index contributed by atoms with van der Waals surface area (Å²) >= 11 is 3.10. The molecular weight excluding hydrogens is 366 g/mol. The number of hydrogen-bond donors (Lipinski definition) is 1. The molecule has 1 amide bonds. The molecule has 0 radical (unpaired) electrons. The molecule has 0 saturated carbocycles. The SMILES string of the molecule is CC(C)C(C)CNC(=O)c1ccc(Br)c(S(=O)(=O)Cl)c1. The van der Waals surface area contributed by atoms with Crippen molar-refractivity contribution in [3.05, 3.63) is 28.2 Å². The van der Waals surface area contributed by atoms with Crippen LogP contribution in [0.5, 0.6) is 0 Å². The van der Waals surface area contributed by atoms with E-state index >= 15 is 0 Å². The first-order chi connectivity index (χ1) is 9.12. The van der Waals surface area contributed by atoms with Crippen LogP contribution < -0.4 is 5.32 Å². The molecule has 0 saturated heterocycles. The molecule has 20 heavy (non-hydrogen) atoms. The zero-order chi connectivity index (χ0) is 15.5. The van der Waals surface area contributed by atoms with Gasteiger partial charge in [-0.25, -0.2) is 8.42 Å². The normalized spacial score (nSPS) is 13.3. The van der Waals surface area contributed by atoms with Crippen LogP contribution in [0.3, 0.4) is 0 Å². The summed E-state index contributed by atoms with van der Waals surface area (Å²) in [6.45, 7) is 6.74. The molecule has 112 valence electrons. The van der Waals surface area contributed by atoms with Crippen LogP contribution in [0.2, 0.25) is 0 Å². The van der Waals surface area contributed by atoms with Crippen molar-refractivity contribution < 1.29 is 13.2 Å². The quantitative estimate of drug-likeness (QED) is 0.794. The standard InChI is InChI=1S/C13H17BrClNO3S/c1-8(2)9(3)7-16-13(17)10-4-5-11(14)12(6-10)20(15,18)19/h4-6,8-9H,7H2,1-3H3,(H,16,17). The Morgan fingerprint density at radius 2 is 1.95 bits per heavy atom. The molecule has 1 unspecified atom stereocenters. The molecule has 1 N–H and O–H groups in total. The molecular formula is C13H17BrClNO3S. The van der Waals surface area contributed by atoms with Gasteiger partial charge in [-0.15, -0.1) is 0 Å². The molecule has 0 heterocycles. The summed E-state index contributed by atoms with van der Waals surface area (Å²) in [5.74, 6) is 0.483. The largest absolute Gasteiger partial charge is 0.352 e. The Kier molecular flexibility index (Phi) is 6.04. The van der Waals surface area contributed by atoms with E-state index in [0.717, 1.165) is 0 Å². The average Bonchev–Trinajstić information content (AvgIpc) is 2.34. The summed E-state index contributed by atoms with van der Waals surface area (Å²) in [5.41, 5.74) is 0.267. The van der Waals surface area contributed by atoms with Gasteiger partial charge < -0.3 is 5.32 Å². The molecule has 0 bridgehead atoms. The van der Waals surface area contributed by atoms with Crippen molar-refractivity contribution in [1.29, 1.82) is 0 Å². The smallest absolute Gasteiger partial charge is 0.262 e. The van der Waals surface area contributed by atoms with Crippen molar-refractivity contribution in [2.45, 2.75) is 25.7 Å². The second-order valence-electron chi connectivity index (χ2n) is 5.01. The number of halogens is 2. The Hall–Kier alpha value is -0.590. The molecule has 0 aliphatic rings. The summed E-state index contributed by atoms with van der Waals surface area (Å²) in [7, 11) is 1.43. The lowest BCUT2D eigenvalue weighted by Gasteiger charge is -2.16. The molecule has 0 aromatic heterocycles. The number of nitrogens with one attached hydrogen (secondary N) is 1. The van der Waals surface area contributed by atoms with E-state index in [1.54, 1.807) is 6.07 Å². The first-order valence-electron chi connectivity index (χ1n) is 6.15. The van der Waals surface area contributed by atoms with E-state index in [2.05, 4.69) is 35.1 Å². The molecule has 0 aliphatic heterocycles. The van der Waals surface area contributed by atoms with E-state index in [9.17, 15) is 13.2 Å². The summed E-state index contributed by atoms with van der Waals surface area (Å²) in [5, 5.41) is 2.79. The summed E-state index contributed by atoms with van der Waals surface area (Å²) in [6, 6.07) is 4.31. The third-order valence-electron chi connectivity index (χ3n) is 3.18. The van der Waals surface area contributed by atoms with Gasteiger partial charge in [0.25, 0.3) is 15.0 Å². The van der Waals surface area contributed by atoms with Gasteiger partial charge in [0.2, 0.25) is 0 Å². The second kappa shape index (κ2) is 6.91. The van der Waals surface area contributed by atoms with Gasteiger partial charge in [0.1, 0.15) is 0 Å². The lowest BCUT2D eigenvalue weighted by atomic mass is 9.98. The van der Waals surface area contributed by atoms with Crippen molar-refractivity contribution in [1.82, 2.24) is 5.32 Å². The van der Waals surface area contributed by atoms with Gasteiger partial charge in [0.15, 0.2) is 0 Å². The van der Waals surface area contributed by atoms with E-state index < -0.39 is 9.05 Å². The van der Waals surface area contributed by atoms with Gasteiger partial charge in [-0.3, -0.25) is 4.79 Å². The predicted molar refractivity (Wildman–Crippen MR) is 83.5 cm³/mol. The van der Waals surface area contributed by atoms with Crippen LogP contribution in [0.25, 0.3) is 0 Å². The third kappa shape index (κ3) is 4.75. The van der Waals surface area contributed by atoms with E-state index in [1.807, 2.05) is 6.92 Å². The second-order valence-corrected chi connectivity index (χ2v) is 8.40. The predicted octanol–water partition coefficient (Wildman–Crippen LogP) is 3.40. The van der Waals surface area contributed by atoms with Crippen molar-refractivity contribution in [2.75, 3.05) is 6.54 Å². The molecule has 1 rings (SSSR count). The number of amides is 1. The van der Waals surface area contributed by atoms with Gasteiger partial charge in [-0.1, -0.05) is 20.8 Å². The topological polar surface area (TPSA) is 63.2 Å². The Morgan fingerprint density at radius 1 is 1.35 bits per heavy atom. The highest BCUT2D eigenvalue weighted by Crippen LogP contribution is 2.26. The molecule has 1 aromatic carbocycles. The zero-order valence-corrected chi connectivity index (χ0v) is 14.6. The van der Waals surface area contributed by atoms with Crippen LogP contribution in [0.4, 0.5) is 0 Å². The van der Waals surface area contributed by atoms with Crippen molar-refractivity contribution in [3.8, 4) is 0 Å². The van der Waals surface area contributed by atoms with Crippen LogP contribution >= 0.6 is 26.6 Å². The zero-order valence-electron chi connectivity index (χ0n) is 11.5. The van der Waals surface area contributed by atoms with Crippen LogP contribution in [0.15, 0.2) is 27.6 Å². The van der Waals surface area contributed by atoms with E-state index in [1.165, 1.54) is 12.1 Å². The Bertz CT molecular complexity index is 602. The summed E-state index contributed by atoms with van der Waals surface area (Å²) in [4.78, 5) is 11.9. The molecule has 7 heteroatoms. The summed E-state index contributed by atoms with van der Waals surface area (Å²) < 4.78 is 23.1. The average molecular weight is 383 g/mol.